The highest BCUT2D eigenvalue weighted by Crippen LogP contribution is 2.22. The molecule has 41 heavy (non-hydrogen) atoms. The SMILES string of the molecule is COc1ccc(COc2ccc3cc(C(=O)NCc4ccc(C(=O)Nc5ccccc5N)cc4)c(=O)oc3c2)cc1. The Morgan fingerprint density at radius 2 is 1.54 bits per heavy atom. The smallest absolute Gasteiger partial charge is 0.349 e. The largest absolute Gasteiger partial charge is 0.497 e. The van der Waals surface area contributed by atoms with Gasteiger partial charge in [0, 0.05) is 23.6 Å². The van der Waals surface area contributed by atoms with Gasteiger partial charge in [0.05, 0.1) is 18.5 Å². The average molecular weight is 550 g/mol. The number of nitrogen functional groups attached to an aromatic ring is 1. The molecule has 4 aromatic carbocycles. The Kier molecular flexibility index (Phi) is 7.96. The molecular formula is C32H27N3O6. The van der Waals surface area contributed by atoms with E-state index in [1.54, 1.807) is 73.8 Å². The number of carbonyl (C=O) groups is 2. The summed E-state index contributed by atoms with van der Waals surface area (Å²) in [6.07, 6.45) is 0. The third-order valence-corrected chi connectivity index (χ3v) is 6.39. The Balaban J connectivity index is 1.19. The number of hydrogen-bond acceptors (Lipinski definition) is 7. The molecular weight excluding hydrogens is 522 g/mol. The van der Waals surface area contributed by atoms with Crippen molar-refractivity contribution in [3.8, 4) is 11.5 Å². The highest BCUT2D eigenvalue weighted by Gasteiger charge is 2.15. The van der Waals surface area contributed by atoms with Gasteiger partial charge >= 0.3 is 5.63 Å². The first-order chi connectivity index (χ1) is 19.9. The standard InChI is InChI=1S/C32H27N3O6/c1-39-24-13-8-21(9-14-24)19-40-25-15-12-23-16-26(32(38)41-29(23)17-25)31(37)34-18-20-6-10-22(11-7-20)30(36)35-28-5-3-2-4-27(28)33/h2-17H,18-19,33H2,1H3,(H,34,37)(H,35,36). The van der Waals surface area contributed by atoms with Gasteiger partial charge < -0.3 is 30.3 Å². The van der Waals surface area contributed by atoms with Crippen molar-refractivity contribution in [2.75, 3.05) is 18.2 Å². The molecule has 0 radical (unpaired) electrons. The fraction of sp³-hybridized carbons (Fsp3) is 0.0938. The van der Waals surface area contributed by atoms with Crippen molar-refractivity contribution in [2.24, 2.45) is 0 Å². The lowest BCUT2D eigenvalue weighted by Gasteiger charge is -2.09. The van der Waals surface area contributed by atoms with Gasteiger partial charge in [0.25, 0.3) is 11.8 Å². The summed E-state index contributed by atoms with van der Waals surface area (Å²) in [6, 6.07) is 27.8. The highest BCUT2D eigenvalue weighted by atomic mass is 16.5. The van der Waals surface area contributed by atoms with E-state index in [0.717, 1.165) is 16.9 Å². The Morgan fingerprint density at radius 3 is 2.27 bits per heavy atom. The van der Waals surface area contributed by atoms with Gasteiger partial charge in [-0.1, -0.05) is 36.4 Å². The molecule has 0 aliphatic rings. The lowest BCUT2D eigenvalue weighted by Crippen LogP contribution is -2.27. The number of nitrogens with one attached hydrogen (secondary N) is 2. The zero-order valence-corrected chi connectivity index (χ0v) is 22.2. The number of ether oxygens (including phenoxy) is 2. The van der Waals surface area contributed by atoms with Crippen LogP contribution in [0.2, 0.25) is 0 Å². The van der Waals surface area contributed by atoms with Crippen molar-refractivity contribution in [1.82, 2.24) is 5.32 Å². The molecule has 9 heteroatoms. The molecule has 5 aromatic rings. The minimum absolute atomic E-state index is 0.110. The molecule has 0 spiro atoms. The molecule has 0 fully saturated rings. The first-order valence-corrected chi connectivity index (χ1v) is 12.8. The van der Waals surface area contributed by atoms with Crippen LogP contribution < -0.4 is 31.5 Å². The molecule has 4 N–H and O–H groups in total. The molecule has 206 valence electrons. The van der Waals surface area contributed by atoms with E-state index in [2.05, 4.69) is 10.6 Å². The van der Waals surface area contributed by atoms with Crippen molar-refractivity contribution in [2.45, 2.75) is 13.2 Å². The number of methoxy groups -OCH3 is 1. The van der Waals surface area contributed by atoms with Crippen LogP contribution in [0.4, 0.5) is 11.4 Å². The molecule has 5 rings (SSSR count). The fourth-order valence-corrected chi connectivity index (χ4v) is 4.08. The first-order valence-electron chi connectivity index (χ1n) is 12.8. The maximum atomic E-state index is 12.8. The van der Waals surface area contributed by atoms with E-state index < -0.39 is 11.5 Å². The van der Waals surface area contributed by atoms with Gasteiger partial charge in [-0.25, -0.2) is 4.79 Å². The summed E-state index contributed by atoms with van der Waals surface area (Å²) >= 11 is 0. The molecule has 0 aliphatic carbocycles. The Morgan fingerprint density at radius 1 is 0.829 bits per heavy atom. The van der Waals surface area contributed by atoms with Crippen LogP contribution in [0.25, 0.3) is 11.0 Å². The molecule has 0 aliphatic heterocycles. The predicted octanol–water partition coefficient (Wildman–Crippen LogP) is 5.15. The van der Waals surface area contributed by atoms with Crippen molar-refractivity contribution < 1.29 is 23.5 Å². The van der Waals surface area contributed by atoms with Crippen molar-refractivity contribution in [1.29, 1.82) is 0 Å². The van der Waals surface area contributed by atoms with Crippen LogP contribution in [0.15, 0.2) is 106 Å². The van der Waals surface area contributed by atoms with Gasteiger partial charge in [-0.2, -0.15) is 0 Å². The molecule has 1 heterocycles. The van der Waals surface area contributed by atoms with E-state index in [1.165, 1.54) is 6.07 Å². The maximum absolute atomic E-state index is 12.8. The van der Waals surface area contributed by atoms with Gasteiger partial charge in [0.1, 0.15) is 29.3 Å². The summed E-state index contributed by atoms with van der Waals surface area (Å²) in [5, 5.41) is 6.08. The van der Waals surface area contributed by atoms with Crippen LogP contribution >= 0.6 is 0 Å². The van der Waals surface area contributed by atoms with Crippen LogP contribution in [0.5, 0.6) is 11.5 Å². The van der Waals surface area contributed by atoms with E-state index in [1.807, 2.05) is 24.3 Å². The number of fused-ring (bicyclic) bond motifs is 1. The van der Waals surface area contributed by atoms with Crippen LogP contribution in [-0.2, 0) is 13.2 Å². The second-order valence-electron chi connectivity index (χ2n) is 9.20. The van der Waals surface area contributed by atoms with E-state index in [4.69, 9.17) is 19.6 Å². The summed E-state index contributed by atoms with van der Waals surface area (Å²) in [7, 11) is 1.61. The van der Waals surface area contributed by atoms with Crippen molar-refractivity contribution in [3.05, 3.63) is 130 Å². The number of hydrogen-bond donors (Lipinski definition) is 3. The third-order valence-electron chi connectivity index (χ3n) is 6.39. The Labute approximate surface area is 235 Å². The summed E-state index contributed by atoms with van der Waals surface area (Å²) in [6.45, 7) is 0.482. The molecule has 0 bridgehead atoms. The molecule has 9 nitrogen and oxygen atoms in total. The minimum atomic E-state index is -0.755. The zero-order valence-electron chi connectivity index (χ0n) is 22.2. The second kappa shape index (κ2) is 12.1. The molecule has 1 aromatic heterocycles. The number of amides is 2. The summed E-state index contributed by atoms with van der Waals surface area (Å²) < 4.78 is 16.4. The average Bonchev–Trinajstić information content (AvgIpc) is 3.00. The Hall–Kier alpha value is -5.57. The van der Waals surface area contributed by atoms with Crippen LogP contribution in [0, 0.1) is 0 Å². The molecule has 0 saturated heterocycles. The van der Waals surface area contributed by atoms with Gasteiger partial charge in [-0.05, 0) is 65.7 Å². The van der Waals surface area contributed by atoms with Gasteiger partial charge in [-0.15, -0.1) is 0 Å². The van der Waals surface area contributed by atoms with E-state index in [-0.39, 0.29) is 18.0 Å². The van der Waals surface area contributed by atoms with Crippen molar-refractivity contribution >= 4 is 34.2 Å². The topological polar surface area (TPSA) is 133 Å². The molecule has 0 saturated carbocycles. The lowest BCUT2D eigenvalue weighted by atomic mass is 10.1. The number of anilines is 2. The number of benzene rings is 4. The number of nitrogens with two attached hydrogens (primary N) is 1. The molecule has 2 amide bonds. The van der Waals surface area contributed by atoms with E-state index in [0.29, 0.717) is 40.3 Å². The quantitative estimate of drug-likeness (QED) is 0.171. The monoisotopic (exact) mass is 549 g/mol. The third kappa shape index (κ3) is 6.54. The van der Waals surface area contributed by atoms with Crippen LogP contribution in [-0.4, -0.2) is 18.9 Å². The number of carbonyl (C=O) groups excluding carboxylic acids is 2. The number of rotatable bonds is 9. The van der Waals surface area contributed by atoms with E-state index in [9.17, 15) is 14.4 Å². The van der Waals surface area contributed by atoms with Crippen molar-refractivity contribution in [3.63, 3.8) is 0 Å². The summed E-state index contributed by atoms with van der Waals surface area (Å²) in [4.78, 5) is 37.9. The number of para-hydroxylation sites is 2. The van der Waals surface area contributed by atoms with Gasteiger partial charge in [0.15, 0.2) is 0 Å². The summed E-state index contributed by atoms with van der Waals surface area (Å²) in [5.74, 6) is 0.412. The second-order valence-corrected chi connectivity index (χ2v) is 9.20. The normalized spacial score (nSPS) is 10.7. The highest BCUT2D eigenvalue weighted by molar-refractivity contribution is 6.05. The minimum Gasteiger partial charge on any atom is -0.497 e. The molecule has 0 unspecified atom stereocenters. The Bertz CT molecular complexity index is 1760. The predicted molar refractivity (Wildman–Crippen MR) is 156 cm³/mol. The summed E-state index contributed by atoms with van der Waals surface area (Å²) in [5.41, 5.74) is 8.46. The van der Waals surface area contributed by atoms with Gasteiger partial charge in [-0.3, -0.25) is 9.59 Å². The maximum Gasteiger partial charge on any atom is 0.349 e. The molecule has 0 atom stereocenters. The lowest BCUT2D eigenvalue weighted by molar-refractivity contribution is 0.0946. The van der Waals surface area contributed by atoms with Crippen LogP contribution in [0.1, 0.15) is 31.8 Å². The fourth-order valence-electron chi connectivity index (χ4n) is 4.08. The zero-order chi connectivity index (χ0) is 28.8. The van der Waals surface area contributed by atoms with E-state index >= 15 is 0 Å². The van der Waals surface area contributed by atoms with Gasteiger partial charge in [0.2, 0.25) is 0 Å². The van der Waals surface area contributed by atoms with Crippen LogP contribution in [0.3, 0.4) is 0 Å². The first kappa shape index (κ1) is 27.0.